The Bertz CT molecular complexity index is 1140. The maximum Gasteiger partial charge on any atom is 0.226 e. The minimum Gasteiger partial charge on any atom is -0.473 e. The predicted molar refractivity (Wildman–Crippen MR) is 124 cm³/mol. The molecule has 0 aliphatic carbocycles. The molecule has 0 bridgehead atoms. The van der Waals surface area contributed by atoms with Crippen LogP contribution in [-0.4, -0.2) is 23.0 Å². The maximum atomic E-state index is 5.93. The molecule has 2 N–H and O–H groups in total. The highest BCUT2D eigenvalue weighted by Gasteiger charge is 2.09. The smallest absolute Gasteiger partial charge is 0.226 e. The largest absolute Gasteiger partial charge is 0.473 e. The van der Waals surface area contributed by atoms with Gasteiger partial charge in [0, 0.05) is 30.9 Å². The third-order valence-corrected chi connectivity index (χ3v) is 4.75. The first-order valence-electron chi connectivity index (χ1n) is 10.4. The van der Waals surface area contributed by atoms with Crippen molar-refractivity contribution in [2.75, 3.05) is 7.05 Å². The molecule has 0 fully saturated rings. The quantitative estimate of drug-likeness (QED) is 0.324. The van der Waals surface area contributed by atoms with Gasteiger partial charge in [0.1, 0.15) is 12.9 Å². The lowest BCUT2D eigenvalue weighted by Crippen LogP contribution is -2.36. The minimum absolute atomic E-state index is 0.466. The van der Waals surface area contributed by atoms with Gasteiger partial charge in [0.2, 0.25) is 11.8 Å². The molecule has 0 saturated carbocycles. The summed E-state index contributed by atoms with van der Waals surface area (Å²) in [5, 5.41) is 6.55. The van der Waals surface area contributed by atoms with Crippen molar-refractivity contribution in [1.29, 1.82) is 0 Å². The summed E-state index contributed by atoms with van der Waals surface area (Å²) < 4.78 is 11.5. The van der Waals surface area contributed by atoms with Crippen LogP contribution in [-0.2, 0) is 19.7 Å². The summed E-state index contributed by atoms with van der Waals surface area (Å²) in [6, 6.07) is 23.7. The number of aromatic nitrogens is 2. The Morgan fingerprint density at radius 2 is 1.69 bits per heavy atom. The Morgan fingerprint density at radius 1 is 0.938 bits per heavy atom. The number of benzene rings is 2. The Balaban J connectivity index is 1.31. The normalized spacial score (nSPS) is 11.2. The van der Waals surface area contributed by atoms with Crippen molar-refractivity contribution in [2.24, 2.45) is 4.99 Å². The van der Waals surface area contributed by atoms with E-state index >= 15 is 0 Å². The van der Waals surface area contributed by atoms with Crippen LogP contribution in [0.2, 0.25) is 0 Å². The number of rotatable bonds is 8. The molecule has 4 aromatic rings. The number of pyridine rings is 1. The Labute approximate surface area is 187 Å². The van der Waals surface area contributed by atoms with Crippen LogP contribution in [0.4, 0.5) is 0 Å². The molecule has 0 spiro atoms. The second-order valence-electron chi connectivity index (χ2n) is 7.03. The highest BCUT2D eigenvalue weighted by atomic mass is 16.5. The molecule has 2 aromatic carbocycles. The molecular weight excluding hydrogens is 402 g/mol. The third kappa shape index (κ3) is 5.72. The van der Waals surface area contributed by atoms with E-state index in [9.17, 15) is 0 Å². The van der Waals surface area contributed by atoms with Crippen molar-refractivity contribution >= 4 is 5.96 Å². The van der Waals surface area contributed by atoms with E-state index in [4.69, 9.17) is 9.15 Å². The first-order valence-corrected chi connectivity index (χ1v) is 10.4. The van der Waals surface area contributed by atoms with Crippen LogP contribution >= 0.6 is 0 Å². The zero-order chi connectivity index (χ0) is 22.0. The zero-order valence-corrected chi connectivity index (χ0v) is 17.9. The van der Waals surface area contributed by atoms with Gasteiger partial charge < -0.3 is 19.8 Å². The summed E-state index contributed by atoms with van der Waals surface area (Å²) in [5.74, 6) is 1.84. The molecule has 32 heavy (non-hydrogen) atoms. The van der Waals surface area contributed by atoms with Gasteiger partial charge in [0.25, 0.3) is 0 Å². The van der Waals surface area contributed by atoms with Gasteiger partial charge in [0.15, 0.2) is 5.96 Å². The van der Waals surface area contributed by atoms with Gasteiger partial charge in [-0.15, -0.1) is 0 Å². The monoisotopic (exact) mass is 427 g/mol. The minimum atomic E-state index is 0.466. The fraction of sp³-hybridized carbons (Fsp3) is 0.160. The molecule has 7 nitrogen and oxygen atoms in total. The number of nitrogens with one attached hydrogen (secondary N) is 2. The van der Waals surface area contributed by atoms with Gasteiger partial charge in [-0.25, -0.2) is 9.97 Å². The van der Waals surface area contributed by atoms with Crippen molar-refractivity contribution in [3.05, 3.63) is 102 Å². The van der Waals surface area contributed by atoms with Crippen LogP contribution < -0.4 is 15.4 Å². The SMILES string of the molecule is CN=C(NCc1coc(-c2ccccc2)n1)NCc1cccnc1OCc1ccccc1. The highest BCUT2D eigenvalue weighted by molar-refractivity contribution is 5.79. The average Bonchev–Trinajstić information content (AvgIpc) is 3.34. The Morgan fingerprint density at radius 3 is 2.47 bits per heavy atom. The van der Waals surface area contributed by atoms with Crippen molar-refractivity contribution in [1.82, 2.24) is 20.6 Å². The summed E-state index contributed by atoms with van der Waals surface area (Å²) in [6.07, 6.45) is 3.38. The molecule has 0 aliphatic heterocycles. The molecular formula is C25H25N5O2. The standard InChI is InChI=1S/C25H25N5O2/c1-26-25(29-16-22-18-32-24(30-22)20-11-6-3-7-12-20)28-15-21-13-8-14-27-23(21)31-17-19-9-4-2-5-10-19/h2-14,18H,15-17H2,1H3,(H2,26,28,29). The third-order valence-electron chi connectivity index (χ3n) is 4.75. The van der Waals surface area contributed by atoms with E-state index < -0.39 is 0 Å². The van der Waals surface area contributed by atoms with E-state index in [0.717, 1.165) is 22.4 Å². The molecule has 0 atom stereocenters. The highest BCUT2D eigenvalue weighted by Crippen LogP contribution is 2.18. The molecule has 0 saturated heterocycles. The van der Waals surface area contributed by atoms with Gasteiger partial charge in [-0.1, -0.05) is 54.6 Å². The van der Waals surface area contributed by atoms with E-state index in [1.165, 1.54) is 0 Å². The van der Waals surface area contributed by atoms with Gasteiger partial charge in [0.05, 0.1) is 12.2 Å². The number of hydrogen-bond donors (Lipinski definition) is 2. The lowest BCUT2D eigenvalue weighted by Gasteiger charge is -2.13. The van der Waals surface area contributed by atoms with E-state index in [2.05, 4.69) is 25.6 Å². The second-order valence-corrected chi connectivity index (χ2v) is 7.03. The van der Waals surface area contributed by atoms with Crippen molar-refractivity contribution in [3.63, 3.8) is 0 Å². The van der Waals surface area contributed by atoms with E-state index in [-0.39, 0.29) is 0 Å². The van der Waals surface area contributed by atoms with Crippen LogP contribution in [0.15, 0.2) is 94.7 Å². The van der Waals surface area contributed by atoms with Crippen LogP contribution in [0.25, 0.3) is 11.5 Å². The summed E-state index contributed by atoms with van der Waals surface area (Å²) in [6.45, 7) is 1.47. The number of guanidine groups is 1. The molecule has 2 heterocycles. The Hall–Kier alpha value is -4.13. The fourth-order valence-corrected chi connectivity index (χ4v) is 3.09. The number of aliphatic imine (C=N–C) groups is 1. The summed E-state index contributed by atoms with van der Waals surface area (Å²) >= 11 is 0. The lowest BCUT2D eigenvalue weighted by molar-refractivity contribution is 0.290. The second kappa shape index (κ2) is 10.8. The van der Waals surface area contributed by atoms with E-state index in [0.29, 0.717) is 37.4 Å². The summed E-state index contributed by atoms with van der Waals surface area (Å²) in [4.78, 5) is 13.2. The molecule has 7 heteroatoms. The van der Waals surface area contributed by atoms with Gasteiger partial charge in [-0.3, -0.25) is 4.99 Å². The fourth-order valence-electron chi connectivity index (χ4n) is 3.09. The van der Waals surface area contributed by atoms with Gasteiger partial charge >= 0.3 is 0 Å². The molecule has 0 aliphatic rings. The number of nitrogens with zero attached hydrogens (tertiary/aromatic N) is 3. The molecule has 2 aromatic heterocycles. The molecule has 162 valence electrons. The van der Waals surface area contributed by atoms with Gasteiger partial charge in [-0.2, -0.15) is 0 Å². The summed E-state index contributed by atoms with van der Waals surface area (Å²) in [5.41, 5.74) is 3.78. The van der Waals surface area contributed by atoms with Crippen LogP contribution in [0.1, 0.15) is 16.8 Å². The van der Waals surface area contributed by atoms with E-state index in [1.54, 1.807) is 19.5 Å². The van der Waals surface area contributed by atoms with Crippen molar-refractivity contribution < 1.29 is 9.15 Å². The summed E-state index contributed by atoms with van der Waals surface area (Å²) in [7, 11) is 1.73. The van der Waals surface area contributed by atoms with Crippen LogP contribution in [0.3, 0.4) is 0 Å². The number of hydrogen-bond acceptors (Lipinski definition) is 5. The molecule has 0 unspecified atom stereocenters. The van der Waals surface area contributed by atoms with Crippen molar-refractivity contribution in [3.8, 4) is 17.3 Å². The molecule has 4 rings (SSSR count). The molecule has 0 amide bonds. The van der Waals surface area contributed by atoms with Crippen LogP contribution in [0, 0.1) is 0 Å². The topological polar surface area (TPSA) is 84.6 Å². The lowest BCUT2D eigenvalue weighted by atomic mass is 10.2. The number of ether oxygens (including phenoxy) is 1. The predicted octanol–water partition coefficient (Wildman–Crippen LogP) is 4.18. The number of oxazole rings is 1. The van der Waals surface area contributed by atoms with Crippen LogP contribution in [0.5, 0.6) is 5.88 Å². The van der Waals surface area contributed by atoms with Crippen molar-refractivity contribution in [2.45, 2.75) is 19.7 Å². The maximum absolute atomic E-state index is 5.93. The first kappa shape index (κ1) is 21.1. The van der Waals surface area contributed by atoms with Gasteiger partial charge in [-0.05, 0) is 23.8 Å². The first-order chi connectivity index (χ1) is 15.8. The average molecular weight is 428 g/mol. The molecule has 0 radical (unpaired) electrons. The zero-order valence-electron chi connectivity index (χ0n) is 17.9. The van der Waals surface area contributed by atoms with E-state index in [1.807, 2.05) is 72.8 Å². The Kier molecular flexibility index (Phi) is 7.10.